The molecule has 0 aliphatic carbocycles. The number of rotatable bonds is 14. The molecular formula is C22H22Cl2N2O10S. The van der Waals surface area contributed by atoms with Crippen molar-refractivity contribution in [3.8, 4) is 11.5 Å². The summed E-state index contributed by atoms with van der Waals surface area (Å²) in [4.78, 5) is 44.8. The number of hydrogen-bond donors (Lipinski definition) is 0. The van der Waals surface area contributed by atoms with Gasteiger partial charge in [-0.05, 0) is 36.1 Å². The molecule has 200 valence electrons. The maximum absolute atomic E-state index is 12.8. The number of nitrogens with zero attached hydrogens (tertiary/aromatic N) is 2. The third kappa shape index (κ3) is 9.59. The van der Waals surface area contributed by atoms with Crippen LogP contribution in [0.1, 0.15) is 36.8 Å². The quantitative estimate of drug-likeness (QED) is 0.102. The van der Waals surface area contributed by atoms with Crippen LogP contribution in [0.15, 0.2) is 36.4 Å². The van der Waals surface area contributed by atoms with Crippen molar-refractivity contribution in [2.75, 3.05) is 11.8 Å². The Labute approximate surface area is 221 Å². The van der Waals surface area contributed by atoms with Gasteiger partial charge in [0, 0.05) is 36.7 Å². The highest BCUT2D eigenvalue weighted by atomic mass is 35.5. The van der Waals surface area contributed by atoms with E-state index in [0.717, 1.165) is 24.3 Å². The number of alkyl halides is 2. The lowest BCUT2D eigenvalue weighted by molar-refractivity contribution is -0.385. The summed E-state index contributed by atoms with van der Waals surface area (Å²) in [5, 5.41) is 22.9. The highest BCUT2D eigenvalue weighted by molar-refractivity contribution is 7.89. The maximum Gasteiger partial charge on any atom is 0.311 e. The molecule has 0 N–H and O–H groups in total. The summed E-state index contributed by atoms with van der Waals surface area (Å²) in [6, 6.07) is 6.74. The predicted molar refractivity (Wildman–Crippen MR) is 134 cm³/mol. The van der Waals surface area contributed by atoms with Crippen LogP contribution in [0, 0.1) is 20.2 Å². The second kappa shape index (κ2) is 13.9. The molecule has 2 aromatic carbocycles. The summed E-state index contributed by atoms with van der Waals surface area (Å²) >= 11 is 11.0. The number of hydrogen-bond acceptors (Lipinski definition) is 10. The van der Waals surface area contributed by atoms with Crippen LogP contribution in [0.25, 0.3) is 0 Å². The van der Waals surface area contributed by atoms with Crippen molar-refractivity contribution in [1.29, 1.82) is 0 Å². The molecule has 15 heteroatoms. The fourth-order valence-electron chi connectivity index (χ4n) is 3.09. The Balaban J connectivity index is 2.21. The van der Waals surface area contributed by atoms with Crippen LogP contribution in [-0.2, 0) is 30.9 Å². The van der Waals surface area contributed by atoms with Gasteiger partial charge >= 0.3 is 23.3 Å². The van der Waals surface area contributed by atoms with E-state index in [0.29, 0.717) is 12.8 Å². The Morgan fingerprint density at radius 1 is 0.757 bits per heavy atom. The minimum atomic E-state index is -3.96. The lowest BCUT2D eigenvalue weighted by atomic mass is 10.2. The van der Waals surface area contributed by atoms with Gasteiger partial charge in [-0.15, -0.1) is 23.2 Å². The van der Waals surface area contributed by atoms with Gasteiger partial charge in [-0.25, -0.2) is 8.42 Å². The van der Waals surface area contributed by atoms with E-state index in [1.54, 1.807) is 0 Å². The van der Waals surface area contributed by atoms with Crippen molar-refractivity contribution >= 4 is 56.4 Å². The number of esters is 2. The van der Waals surface area contributed by atoms with Crippen molar-refractivity contribution in [2.45, 2.75) is 37.2 Å². The molecule has 0 aromatic heterocycles. The van der Waals surface area contributed by atoms with Gasteiger partial charge in [0.05, 0.1) is 21.4 Å². The highest BCUT2D eigenvalue weighted by Crippen LogP contribution is 2.31. The van der Waals surface area contributed by atoms with E-state index in [-0.39, 0.29) is 47.2 Å². The number of halogens is 2. The maximum atomic E-state index is 12.8. The number of carbonyl (C=O) groups is 2. The molecule has 0 radical (unpaired) electrons. The molecular weight excluding hydrogens is 555 g/mol. The average Bonchev–Trinajstić information content (AvgIpc) is 2.82. The molecule has 0 heterocycles. The smallest absolute Gasteiger partial charge is 0.311 e. The first-order valence-corrected chi connectivity index (χ1v) is 13.6. The molecule has 0 aliphatic heterocycles. The molecule has 2 rings (SSSR count). The fourth-order valence-corrected chi connectivity index (χ4v) is 4.84. The van der Waals surface area contributed by atoms with Gasteiger partial charge in [0.2, 0.25) is 11.5 Å². The second-order valence-corrected chi connectivity index (χ2v) is 10.5. The molecule has 0 aliphatic rings. The Morgan fingerprint density at radius 2 is 1.14 bits per heavy atom. The predicted octanol–water partition coefficient (Wildman–Crippen LogP) is 4.47. The number of nitro groups is 2. The van der Waals surface area contributed by atoms with Crippen LogP contribution in [0.4, 0.5) is 11.4 Å². The van der Waals surface area contributed by atoms with Crippen molar-refractivity contribution in [3.63, 3.8) is 0 Å². The van der Waals surface area contributed by atoms with E-state index in [1.807, 2.05) is 0 Å². The van der Waals surface area contributed by atoms with E-state index < -0.39 is 54.5 Å². The standard InChI is InChI=1S/C22H22Cl2N2O10S/c23-9-1-3-21(27)35-19-7-5-15(11-17(19)25(29)30)13-37(33,34)14-16-6-8-20(18(12-16)26(31)32)36-22(28)4-2-10-24/h5-8,11-12H,1-4,9-10,13-14H2. The normalized spacial score (nSPS) is 11.1. The van der Waals surface area contributed by atoms with Crippen LogP contribution < -0.4 is 9.47 Å². The topological polar surface area (TPSA) is 173 Å². The van der Waals surface area contributed by atoms with Gasteiger partial charge in [0.15, 0.2) is 9.84 Å². The summed E-state index contributed by atoms with van der Waals surface area (Å²) in [7, 11) is -3.96. The summed E-state index contributed by atoms with van der Waals surface area (Å²) in [5.74, 6) is -2.96. The third-order valence-corrected chi connectivity index (χ3v) is 6.77. The Morgan fingerprint density at radius 3 is 1.46 bits per heavy atom. The van der Waals surface area contributed by atoms with E-state index in [4.69, 9.17) is 32.7 Å². The van der Waals surface area contributed by atoms with Gasteiger partial charge < -0.3 is 9.47 Å². The molecule has 37 heavy (non-hydrogen) atoms. The van der Waals surface area contributed by atoms with Crippen LogP contribution in [0.5, 0.6) is 11.5 Å². The van der Waals surface area contributed by atoms with E-state index >= 15 is 0 Å². The van der Waals surface area contributed by atoms with Gasteiger partial charge in [0.25, 0.3) is 0 Å². The molecule has 0 fully saturated rings. The lowest BCUT2D eigenvalue weighted by Crippen LogP contribution is -2.11. The largest absolute Gasteiger partial charge is 0.419 e. The first kappa shape index (κ1) is 29.9. The molecule has 0 atom stereocenters. The fraction of sp³-hybridized carbons (Fsp3) is 0.364. The van der Waals surface area contributed by atoms with E-state index in [2.05, 4.69) is 0 Å². The molecule has 2 aromatic rings. The average molecular weight is 577 g/mol. The highest BCUT2D eigenvalue weighted by Gasteiger charge is 2.24. The SMILES string of the molecule is O=C(CCCCl)Oc1ccc(CS(=O)(=O)Cc2ccc(OC(=O)CCCCl)c([N+](=O)[O-])c2)cc1[N+](=O)[O-]. The van der Waals surface area contributed by atoms with E-state index in [1.165, 1.54) is 12.1 Å². The van der Waals surface area contributed by atoms with Crippen LogP contribution in [0.3, 0.4) is 0 Å². The summed E-state index contributed by atoms with van der Waals surface area (Å²) in [5.41, 5.74) is -1.09. The zero-order valence-electron chi connectivity index (χ0n) is 19.3. The number of ether oxygens (including phenoxy) is 2. The molecule has 0 spiro atoms. The molecule has 0 saturated carbocycles. The molecule has 0 amide bonds. The van der Waals surface area contributed by atoms with Gasteiger partial charge in [-0.3, -0.25) is 29.8 Å². The zero-order chi connectivity index (χ0) is 27.6. The summed E-state index contributed by atoms with van der Waals surface area (Å²) < 4.78 is 35.5. The number of benzene rings is 2. The molecule has 0 bridgehead atoms. The van der Waals surface area contributed by atoms with E-state index in [9.17, 15) is 38.2 Å². The minimum Gasteiger partial charge on any atom is -0.419 e. The molecule has 0 saturated heterocycles. The van der Waals surface area contributed by atoms with Crippen molar-refractivity contribution in [1.82, 2.24) is 0 Å². The molecule has 0 unspecified atom stereocenters. The second-order valence-electron chi connectivity index (χ2n) is 7.68. The van der Waals surface area contributed by atoms with Gasteiger partial charge in [-0.2, -0.15) is 0 Å². The van der Waals surface area contributed by atoms with Crippen molar-refractivity contribution < 1.29 is 37.3 Å². The number of sulfone groups is 1. The van der Waals surface area contributed by atoms with Crippen molar-refractivity contribution in [3.05, 3.63) is 67.8 Å². The van der Waals surface area contributed by atoms with Crippen LogP contribution in [0.2, 0.25) is 0 Å². The summed E-state index contributed by atoms with van der Waals surface area (Å²) in [6.45, 7) is 0. The van der Waals surface area contributed by atoms with Crippen LogP contribution in [-0.4, -0.2) is 42.0 Å². The Hall–Kier alpha value is -3.29. The first-order valence-electron chi connectivity index (χ1n) is 10.7. The van der Waals surface area contributed by atoms with Crippen molar-refractivity contribution in [2.24, 2.45) is 0 Å². The van der Waals surface area contributed by atoms with Gasteiger partial charge in [-0.1, -0.05) is 12.1 Å². The Kier molecular flexibility index (Phi) is 11.2. The Bertz CT molecular complexity index is 1190. The lowest BCUT2D eigenvalue weighted by Gasteiger charge is -2.09. The first-order chi connectivity index (χ1) is 17.5. The van der Waals surface area contributed by atoms with Crippen LogP contribution >= 0.6 is 23.2 Å². The number of carbonyl (C=O) groups excluding carboxylic acids is 2. The zero-order valence-corrected chi connectivity index (χ0v) is 21.6. The molecule has 12 nitrogen and oxygen atoms in total. The third-order valence-electron chi connectivity index (χ3n) is 4.69. The number of nitro benzene ring substituents is 2. The van der Waals surface area contributed by atoms with Gasteiger partial charge in [0.1, 0.15) is 0 Å². The summed E-state index contributed by atoms with van der Waals surface area (Å²) in [6.07, 6.45) is 0.545. The minimum absolute atomic E-state index is 0.0473. The monoisotopic (exact) mass is 576 g/mol.